The van der Waals surface area contributed by atoms with E-state index in [2.05, 4.69) is 4.98 Å². The molecule has 0 aliphatic rings. The minimum Gasteiger partial charge on any atom is -0.395 e. The number of pyridine rings is 1. The lowest BCUT2D eigenvalue weighted by Crippen LogP contribution is -2.30. The van der Waals surface area contributed by atoms with E-state index in [0.29, 0.717) is 24.7 Å². The number of aliphatic hydroxyl groups excluding tert-OH is 2. The SMILES string of the molecule is Nc1cccc(N(CCO)CCO)n1. The lowest BCUT2D eigenvalue weighted by Gasteiger charge is -2.21. The smallest absolute Gasteiger partial charge is 0.131 e. The summed E-state index contributed by atoms with van der Waals surface area (Å²) in [5, 5.41) is 17.6. The van der Waals surface area contributed by atoms with Crippen LogP contribution >= 0.6 is 0 Å². The fourth-order valence-electron chi connectivity index (χ4n) is 1.20. The van der Waals surface area contributed by atoms with Gasteiger partial charge in [-0.3, -0.25) is 0 Å². The number of anilines is 2. The quantitative estimate of drug-likeness (QED) is 0.590. The highest BCUT2D eigenvalue weighted by Gasteiger charge is 2.05. The monoisotopic (exact) mass is 197 g/mol. The first kappa shape index (κ1) is 10.7. The molecular formula is C9H15N3O2. The number of nitrogens with two attached hydrogens (primary N) is 1. The van der Waals surface area contributed by atoms with Gasteiger partial charge in [-0.1, -0.05) is 6.07 Å². The third-order valence-corrected chi connectivity index (χ3v) is 1.82. The average molecular weight is 197 g/mol. The predicted octanol–water partition coefficient (Wildman–Crippen LogP) is -0.545. The van der Waals surface area contributed by atoms with Crippen LogP contribution in [0.3, 0.4) is 0 Å². The molecule has 0 radical (unpaired) electrons. The summed E-state index contributed by atoms with van der Waals surface area (Å²) >= 11 is 0. The molecule has 0 aliphatic heterocycles. The number of nitrogens with zero attached hydrogens (tertiary/aromatic N) is 2. The first-order valence-electron chi connectivity index (χ1n) is 4.47. The van der Waals surface area contributed by atoms with Gasteiger partial charge in [0.25, 0.3) is 0 Å². The molecule has 4 N–H and O–H groups in total. The van der Waals surface area contributed by atoms with Crippen molar-refractivity contribution in [2.24, 2.45) is 0 Å². The number of hydrogen-bond acceptors (Lipinski definition) is 5. The minimum atomic E-state index is 0.0243. The summed E-state index contributed by atoms with van der Waals surface area (Å²) in [4.78, 5) is 5.87. The van der Waals surface area contributed by atoms with Crippen LogP contribution in [0.25, 0.3) is 0 Å². The fraction of sp³-hybridized carbons (Fsp3) is 0.444. The van der Waals surface area contributed by atoms with Crippen LogP contribution in [-0.4, -0.2) is 41.5 Å². The molecule has 0 amide bonds. The van der Waals surface area contributed by atoms with Crippen LogP contribution in [0.2, 0.25) is 0 Å². The summed E-state index contributed by atoms with van der Waals surface area (Å²) in [6.07, 6.45) is 0. The largest absolute Gasteiger partial charge is 0.395 e. The van der Waals surface area contributed by atoms with E-state index in [-0.39, 0.29) is 13.2 Å². The second kappa shape index (κ2) is 5.41. The second-order valence-corrected chi connectivity index (χ2v) is 2.85. The Morgan fingerprint density at radius 1 is 1.21 bits per heavy atom. The first-order chi connectivity index (χ1) is 6.77. The van der Waals surface area contributed by atoms with E-state index in [0.717, 1.165) is 0 Å². The van der Waals surface area contributed by atoms with Crippen LogP contribution in [0.4, 0.5) is 11.6 Å². The van der Waals surface area contributed by atoms with Crippen molar-refractivity contribution in [3.63, 3.8) is 0 Å². The van der Waals surface area contributed by atoms with Crippen molar-refractivity contribution in [3.8, 4) is 0 Å². The molecule has 5 nitrogen and oxygen atoms in total. The van der Waals surface area contributed by atoms with Gasteiger partial charge < -0.3 is 20.8 Å². The third kappa shape index (κ3) is 2.86. The van der Waals surface area contributed by atoms with Gasteiger partial charge in [-0.05, 0) is 12.1 Å². The summed E-state index contributed by atoms with van der Waals surface area (Å²) in [6.45, 7) is 0.932. The lowest BCUT2D eigenvalue weighted by atomic mass is 10.4. The highest BCUT2D eigenvalue weighted by Crippen LogP contribution is 2.11. The number of aliphatic hydroxyl groups is 2. The Morgan fingerprint density at radius 2 is 1.86 bits per heavy atom. The van der Waals surface area contributed by atoms with E-state index in [1.54, 1.807) is 23.1 Å². The van der Waals surface area contributed by atoms with Crippen LogP contribution in [0.15, 0.2) is 18.2 Å². The Kier molecular flexibility index (Phi) is 4.15. The van der Waals surface area contributed by atoms with Gasteiger partial charge in [-0.15, -0.1) is 0 Å². The van der Waals surface area contributed by atoms with Crippen molar-refractivity contribution in [2.45, 2.75) is 0 Å². The molecule has 1 aromatic rings. The van der Waals surface area contributed by atoms with E-state index in [4.69, 9.17) is 15.9 Å². The zero-order valence-electron chi connectivity index (χ0n) is 7.93. The zero-order valence-corrected chi connectivity index (χ0v) is 7.93. The van der Waals surface area contributed by atoms with Gasteiger partial charge in [0, 0.05) is 13.1 Å². The Hall–Kier alpha value is -1.33. The normalized spacial score (nSPS) is 10.1. The van der Waals surface area contributed by atoms with E-state index < -0.39 is 0 Å². The van der Waals surface area contributed by atoms with Gasteiger partial charge in [0.2, 0.25) is 0 Å². The number of aromatic nitrogens is 1. The molecule has 0 spiro atoms. The lowest BCUT2D eigenvalue weighted by molar-refractivity contribution is 0.280. The van der Waals surface area contributed by atoms with Crippen LogP contribution in [-0.2, 0) is 0 Å². The minimum absolute atomic E-state index is 0.0243. The van der Waals surface area contributed by atoms with E-state index in [9.17, 15) is 0 Å². The van der Waals surface area contributed by atoms with Crippen molar-refractivity contribution in [1.82, 2.24) is 4.98 Å². The highest BCUT2D eigenvalue weighted by molar-refractivity contribution is 5.44. The van der Waals surface area contributed by atoms with Crippen LogP contribution in [0.1, 0.15) is 0 Å². The first-order valence-corrected chi connectivity index (χ1v) is 4.47. The summed E-state index contributed by atoms with van der Waals surface area (Å²) < 4.78 is 0. The van der Waals surface area contributed by atoms with E-state index in [1.165, 1.54) is 0 Å². The molecule has 0 fully saturated rings. The van der Waals surface area contributed by atoms with Crippen molar-refractivity contribution in [2.75, 3.05) is 36.9 Å². The zero-order chi connectivity index (χ0) is 10.4. The third-order valence-electron chi connectivity index (χ3n) is 1.82. The molecule has 1 rings (SSSR count). The summed E-state index contributed by atoms with van der Waals surface area (Å²) in [7, 11) is 0. The molecule has 78 valence electrons. The maximum atomic E-state index is 8.81. The van der Waals surface area contributed by atoms with Crippen LogP contribution in [0.5, 0.6) is 0 Å². The number of rotatable bonds is 5. The molecule has 0 aliphatic carbocycles. The van der Waals surface area contributed by atoms with Crippen LogP contribution < -0.4 is 10.6 Å². The predicted molar refractivity (Wildman–Crippen MR) is 55.0 cm³/mol. The molecule has 1 heterocycles. The maximum absolute atomic E-state index is 8.81. The molecular weight excluding hydrogens is 182 g/mol. The van der Waals surface area contributed by atoms with Crippen molar-refractivity contribution < 1.29 is 10.2 Å². The molecule has 0 unspecified atom stereocenters. The molecule has 1 aromatic heterocycles. The topological polar surface area (TPSA) is 82.6 Å². The fourth-order valence-corrected chi connectivity index (χ4v) is 1.20. The van der Waals surface area contributed by atoms with Gasteiger partial charge >= 0.3 is 0 Å². The van der Waals surface area contributed by atoms with Gasteiger partial charge in [0.15, 0.2) is 0 Å². The molecule has 0 saturated heterocycles. The average Bonchev–Trinajstić information content (AvgIpc) is 2.17. The summed E-state index contributed by atoms with van der Waals surface area (Å²) in [5.74, 6) is 1.11. The molecule has 5 heteroatoms. The van der Waals surface area contributed by atoms with Crippen molar-refractivity contribution in [3.05, 3.63) is 18.2 Å². The van der Waals surface area contributed by atoms with Gasteiger partial charge in [0.05, 0.1) is 13.2 Å². The molecule has 14 heavy (non-hydrogen) atoms. The Balaban J connectivity index is 2.75. The summed E-state index contributed by atoms with van der Waals surface area (Å²) in [5.41, 5.74) is 5.53. The van der Waals surface area contributed by atoms with Crippen LogP contribution in [0, 0.1) is 0 Å². The standard InChI is InChI=1S/C9H15N3O2/c10-8-2-1-3-9(11-8)12(4-6-13)5-7-14/h1-3,13-14H,4-7H2,(H2,10,11). The Morgan fingerprint density at radius 3 is 2.36 bits per heavy atom. The number of nitrogen functional groups attached to an aromatic ring is 1. The molecule has 0 saturated carbocycles. The highest BCUT2D eigenvalue weighted by atomic mass is 16.3. The van der Waals surface area contributed by atoms with E-state index >= 15 is 0 Å². The van der Waals surface area contributed by atoms with Crippen molar-refractivity contribution >= 4 is 11.6 Å². The van der Waals surface area contributed by atoms with Crippen molar-refractivity contribution in [1.29, 1.82) is 0 Å². The second-order valence-electron chi connectivity index (χ2n) is 2.85. The van der Waals surface area contributed by atoms with Gasteiger partial charge in [-0.25, -0.2) is 4.98 Å². The summed E-state index contributed by atoms with van der Waals surface area (Å²) in [6, 6.07) is 5.28. The molecule has 0 aromatic carbocycles. The molecule has 0 atom stereocenters. The maximum Gasteiger partial charge on any atom is 0.131 e. The van der Waals surface area contributed by atoms with Gasteiger partial charge in [-0.2, -0.15) is 0 Å². The molecule has 0 bridgehead atoms. The number of hydrogen-bond donors (Lipinski definition) is 3. The van der Waals surface area contributed by atoms with E-state index in [1.807, 2.05) is 0 Å². The Bertz CT molecular complexity index is 275. The van der Waals surface area contributed by atoms with Gasteiger partial charge in [0.1, 0.15) is 11.6 Å². The Labute approximate surface area is 82.8 Å².